The maximum atomic E-state index is 15.3. The Balaban J connectivity index is 1.86. The van der Waals surface area contributed by atoms with Gasteiger partial charge in [-0.25, -0.2) is 18.6 Å². The van der Waals surface area contributed by atoms with E-state index in [2.05, 4.69) is 9.24 Å². The summed E-state index contributed by atoms with van der Waals surface area (Å²) in [7, 11) is 2.76. The van der Waals surface area contributed by atoms with Gasteiger partial charge in [-0.3, -0.25) is 0 Å². The summed E-state index contributed by atoms with van der Waals surface area (Å²) in [4.78, 5) is 16.6. The van der Waals surface area contributed by atoms with E-state index in [0.29, 0.717) is 32.4 Å². The number of carboxylic acids is 1. The summed E-state index contributed by atoms with van der Waals surface area (Å²) in [5.74, 6) is -2.07. The van der Waals surface area contributed by atoms with Gasteiger partial charge in [0, 0.05) is 27.5 Å². The van der Waals surface area contributed by atoms with Gasteiger partial charge in [0.05, 0.1) is 22.3 Å². The molecule has 0 spiro atoms. The second-order valence-corrected chi connectivity index (χ2v) is 14.0. The van der Waals surface area contributed by atoms with E-state index < -0.39 is 34.7 Å². The first-order chi connectivity index (χ1) is 19.6. The molecule has 1 heterocycles. The van der Waals surface area contributed by atoms with Crippen molar-refractivity contribution in [2.45, 2.75) is 67.7 Å². The first kappa shape index (κ1) is 32.8. The minimum absolute atomic E-state index is 0.165. The number of hydrogen-bond acceptors (Lipinski definition) is 4. The molecule has 1 aliphatic carbocycles. The number of aliphatic carboxylic acids is 1. The highest BCUT2D eigenvalue weighted by molar-refractivity contribution is 7.98. The molecule has 0 radical (unpaired) electrons. The largest absolute Gasteiger partial charge is 0.478 e. The lowest BCUT2D eigenvalue weighted by molar-refractivity contribution is -0.156. The van der Waals surface area contributed by atoms with Crippen molar-refractivity contribution in [3.63, 3.8) is 0 Å². The number of hydrogen-bond donors (Lipinski definition) is 1. The van der Waals surface area contributed by atoms with E-state index in [1.807, 2.05) is 24.5 Å². The Labute approximate surface area is 265 Å². The van der Waals surface area contributed by atoms with Crippen molar-refractivity contribution in [2.75, 3.05) is 0 Å². The van der Waals surface area contributed by atoms with Gasteiger partial charge in [-0.1, -0.05) is 72.5 Å². The molecule has 0 saturated carbocycles. The molecule has 5 nitrogen and oxygen atoms in total. The van der Waals surface area contributed by atoms with Crippen LogP contribution in [-0.2, 0) is 20.7 Å². The van der Waals surface area contributed by atoms with Gasteiger partial charge in [-0.15, -0.1) is 9.24 Å². The number of imidazole rings is 1. The van der Waals surface area contributed by atoms with Gasteiger partial charge < -0.3 is 14.4 Å². The fourth-order valence-electron chi connectivity index (χ4n) is 4.52. The highest BCUT2D eigenvalue weighted by Crippen LogP contribution is 2.43. The molecule has 224 valence electrons. The summed E-state index contributed by atoms with van der Waals surface area (Å²) in [5.41, 5.74) is -0.136. The number of carboxylic acid groups (broad SMARTS) is 1. The van der Waals surface area contributed by atoms with Crippen molar-refractivity contribution in [3.8, 4) is 0 Å². The van der Waals surface area contributed by atoms with Crippen LogP contribution >= 0.6 is 55.8 Å². The molecule has 0 amide bonds. The van der Waals surface area contributed by atoms with Crippen molar-refractivity contribution >= 4 is 61.8 Å². The minimum atomic E-state index is -1.67. The van der Waals surface area contributed by atoms with Crippen molar-refractivity contribution in [3.05, 3.63) is 104 Å². The highest BCUT2D eigenvalue weighted by Gasteiger charge is 2.36. The molecule has 3 atom stereocenters. The van der Waals surface area contributed by atoms with Crippen molar-refractivity contribution in [2.24, 2.45) is 0 Å². The van der Waals surface area contributed by atoms with E-state index in [1.54, 1.807) is 30.5 Å². The van der Waals surface area contributed by atoms with E-state index >= 15 is 4.39 Å². The number of allylic oxidation sites excluding steroid dienone is 3. The summed E-state index contributed by atoms with van der Waals surface area (Å²) in [5, 5.41) is 11.4. The molecule has 0 fully saturated rings. The number of benzene rings is 2. The van der Waals surface area contributed by atoms with E-state index in [-0.39, 0.29) is 11.4 Å². The SMILES string of the molecule is CC(C)(OC1=CC(n2c(C(C)(C)c3ccc(Cl)c(Cl)c3)cnc2SCc2ccc(F)cc2Cl)C(P)CC=C1F)C(=O)O. The first-order valence-electron chi connectivity index (χ1n) is 13.0. The molecule has 0 saturated heterocycles. The van der Waals surface area contributed by atoms with Crippen LogP contribution in [0.4, 0.5) is 8.78 Å². The number of carbonyl (C=O) groups is 1. The van der Waals surface area contributed by atoms with Gasteiger partial charge in [0.2, 0.25) is 0 Å². The van der Waals surface area contributed by atoms with Crippen molar-refractivity contribution in [1.82, 2.24) is 9.55 Å². The smallest absolute Gasteiger partial charge is 0.347 e. The summed E-state index contributed by atoms with van der Waals surface area (Å²) in [6.45, 7) is 6.78. The Hall–Kier alpha value is -2.09. The maximum absolute atomic E-state index is 15.3. The van der Waals surface area contributed by atoms with Gasteiger partial charge >= 0.3 is 5.97 Å². The maximum Gasteiger partial charge on any atom is 0.347 e. The zero-order chi connectivity index (χ0) is 31.0. The van der Waals surface area contributed by atoms with Gasteiger partial charge in [0.25, 0.3) is 0 Å². The number of thioether (sulfide) groups is 1. The van der Waals surface area contributed by atoms with Crippen LogP contribution in [0.5, 0.6) is 0 Å². The molecular formula is C30H30Cl3F2N2O3PS. The summed E-state index contributed by atoms with van der Waals surface area (Å²) in [6.07, 6.45) is 5.09. The third-order valence-electron chi connectivity index (χ3n) is 7.16. The zero-order valence-corrected chi connectivity index (χ0v) is 27.5. The monoisotopic (exact) mass is 672 g/mol. The Kier molecular flexibility index (Phi) is 10.1. The Morgan fingerprint density at radius 3 is 2.48 bits per heavy atom. The quantitative estimate of drug-likeness (QED) is 0.181. The molecule has 42 heavy (non-hydrogen) atoms. The molecule has 4 rings (SSSR count). The van der Waals surface area contributed by atoms with Crippen LogP contribution in [0, 0.1) is 5.82 Å². The molecule has 1 aliphatic rings. The van der Waals surface area contributed by atoms with Gasteiger partial charge in [-0.2, -0.15) is 0 Å². The second-order valence-electron chi connectivity index (χ2n) is 11.0. The fourth-order valence-corrected chi connectivity index (χ4v) is 6.57. The molecule has 3 unspecified atom stereocenters. The summed E-state index contributed by atoms with van der Waals surface area (Å²) < 4.78 is 36.7. The molecule has 0 bridgehead atoms. The van der Waals surface area contributed by atoms with E-state index in [1.165, 1.54) is 43.8 Å². The highest BCUT2D eigenvalue weighted by atomic mass is 35.5. The average Bonchev–Trinajstić information content (AvgIpc) is 3.29. The topological polar surface area (TPSA) is 64.4 Å². The van der Waals surface area contributed by atoms with E-state index in [9.17, 15) is 14.3 Å². The lowest BCUT2D eigenvalue weighted by atomic mass is 9.81. The molecule has 1 N–H and O–H groups in total. The molecule has 1 aromatic heterocycles. The third kappa shape index (κ3) is 7.00. The lowest BCUT2D eigenvalue weighted by Gasteiger charge is -2.32. The Morgan fingerprint density at radius 2 is 1.83 bits per heavy atom. The molecule has 2 aromatic carbocycles. The minimum Gasteiger partial charge on any atom is -0.478 e. The Morgan fingerprint density at radius 1 is 1.12 bits per heavy atom. The molecular weight excluding hydrogens is 644 g/mol. The van der Waals surface area contributed by atoms with Crippen LogP contribution in [0.2, 0.25) is 15.1 Å². The Bertz CT molecular complexity index is 1580. The normalized spacial score (nSPS) is 17.9. The number of ether oxygens (including phenoxy) is 1. The number of nitrogens with zero attached hydrogens (tertiary/aromatic N) is 2. The first-order valence-corrected chi connectivity index (χ1v) is 15.8. The van der Waals surface area contributed by atoms with Crippen LogP contribution in [0.25, 0.3) is 0 Å². The predicted octanol–water partition coefficient (Wildman–Crippen LogP) is 9.41. The molecule has 0 aliphatic heterocycles. The van der Waals surface area contributed by atoms with Gasteiger partial charge in [0.15, 0.2) is 22.3 Å². The van der Waals surface area contributed by atoms with Gasteiger partial charge in [-0.05, 0) is 67.8 Å². The van der Waals surface area contributed by atoms with Gasteiger partial charge in [0.1, 0.15) is 5.82 Å². The average molecular weight is 674 g/mol. The van der Waals surface area contributed by atoms with E-state index in [4.69, 9.17) is 44.5 Å². The zero-order valence-electron chi connectivity index (χ0n) is 23.3. The fraction of sp³-hybridized carbons (Fsp3) is 0.333. The molecule has 12 heteroatoms. The van der Waals surface area contributed by atoms with Crippen LogP contribution in [0.15, 0.2) is 71.5 Å². The summed E-state index contributed by atoms with van der Waals surface area (Å²) in [6, 6.07) is 9.16. The third-order valence-corrected chi connectivity index (χ3v) is 9.93. The predicted molar refractivity (Wildman–Crippen MR) is 169 cm³/mol. The second kappa shape index (κ2) is 12.9. The van der Waals surface area contributed by atoms with Crippen molar-refractivity contribution < 1.29 is 23.4 Å². The van der Waals surface area contributed by atoms with Crippen LogP contribution < -0.4 is 0 Å². The molecule has 3 aromatic rings. The number of halogens is 5. The van der Waals surface area contributed by atoms with Crippen molar-refractivity contribution in [1.29, 1.82) is 0 Å². The van der Waals surface area contributed by atoms with Crippen LogP contribution in [0.3, 0.4) is 0 Å². The number of rotatable bonds is 9. The van der Waals surface area contributed by atoms with Crippen LogP contribution in [-0.4, -0.2) is 31.9 Å². The van der Waals surface area contributed by atoms with Crippen LogP contribution in [0.1, 0.15) is 57.0 Å². The lowest BCUT2D eigenvalue weighted by Crippen LogP contribution is -2.34. The standard InChI is InChI=1S/C30H30Cl3F2N2O3PS/c1-29(2,17-6-8-19(31)21(33)11-17)26-14-36-28(42-15-16-5-7-18(34)12-20(16)32)37(26)23-13-24(22(35)9-10-25(23)41)40-30(3,4)27(38)39/h5-9,11-14,23,25H,10,15,41H2,1-4H3,(H,38,39). The number of aromatic nitrogens is 2. The summed E-state index contributed by atoms with van der Waals surface area (Å²) >= 11 is 20.3. The van der Waals surface area contributed by atoms with E-state index in [0.717, 1.165) is 16.8 Å².